The van der Waals surface area contributed by atoms with Crippen LogP contribution in [0.2, 0.25) is 0 Å². The maximum atomic E-state index is 12.8. The van der Waals surface area contributed by atoms with Gasteiger partial charge in [0.05, 0.1) is 11.1 Å². The first-order valence-corrected chi connectivity index (χ1v) is 6.51. The maximum absolute atomic E-state index is 12.8. The van der Waals surface area contributed by atoms with Crippen LogP contribution < -0.4 is 4.90 Å². The number of hydrogen-bond acceptors (Lipinski definition) is 3. The molecule has 0 bridgehead atoms. The summed E-state index contributed by atoms with van der Waals surface area (Å²) in [5.74, 6) is 0.0730. The van der Waals surface area contributed by atoms with E-state index in [0.29, 0.717) is 0 Å². The highest BCUT2D eigenvalue weighted by Gasteiger charge is 2.29. The van der Waals surface area contributed by atoms with Gasteiger partial charge in [-0.05, 0) is 12.1 Å². The van der Waals surface area contributed by atoms with E-state index in [0.717, 1.165) is 39.0 Å². The molecule has 1 N–H and O–H groups in total. The van der Waals surface area contributed by atoms with E-state index in [2.05, 4.69) is 10.2 Å². The Bertz CT molecular complexity index is 861. The molecule has 20 heavy (non-hydrogen) atoms. The molecule has 3 aromatic rings. The van der Waals surface area contributed by atoms with Crippen molar-refractivity contribution in [2.45, 2.75) is 0 Å². The van der Waals surface area contributed by atoms with E-state index < -0.39 is 0 Å². The number of anilines is 1. The van der Waals surface area contributed by atoms with Crippen LogP contribution in [0.3, 0.4) is 0 Å². The second-order valence-corrected chi connectivity index (χ2v) is 5.22. The zero-order chi connectivity index (χ0) is 13.9. The van der Waals surface area contributed by atoms with Crippen molar-refractivity contribution in [3.05, 3.63) is 47.5 Å². The fraction of sp³-hybridized carbons (Fsp3) is 0.125. The Hall–Kier alpha value is -2.62. The minimum atomic E-state index is 0.0730. The number of H-pyrrole nitrogens is 1. The smallest absolute Gasteiger partial charge is 0.196 e. The first kappa shape index (κ1) is 11.2. The van der Waals surface area contributed by atoms with Crippen LogP contribution in [0.15, 0.2) is 36.4 Å². The van der Waals surface area contributed by atoms with Crippen LogP contribution in [0.5, 0.6) is 0 Å². The molecule has 0 atom stereocenters. The number of nitrogens with one attached hydrogen (secondary N) is 1. The number of nitrogens with zero attached hydrogens (tertiary/aromatic N) is 2. The molecule has 4 heteroatoms. The third-order valence-corrected chi connectivity index (χ3v) is 3.84. The molecule has 0 spiro atoms. The second kappa shape index (κ2) is 3.70. The molecule has 2 aromatic carbocycles. The molecule has 0 aliphatic heterocycles. The molecule has 4 rings (SSSR count). The Labute approximate surface area is 116 Å². The molecule has 0 unspecified atom stereocenters. The highest BCUT2D eigenvalue weighted by Crippen LogP contribution is 2.41. The molecular weight excluding hydrogens is 250 g/mol. The number of carbonyl (C=O) groups is 1. The van der Waals surface area contributed by atoms with Gasteiger partial charge < -0.3 is 4.90 Å². The van der Waals surface area contributed by atoms with Crippen molar-refractivity contribution in [1.82, 2.24) is 10.2 Å². The predicted molar refractivity (Wildman–Crippen MR) is 79.3 cm³/mol. The summed E-state index contributed by atoms with van der Waals surface area (Å²) in [5.41, 5.74) is 5.09. The van der Waals surface area contributed by atoms with Gasteiger partial charge in [-0.2, -0.15) is 5.10 Å². The monoisotopic (exact) mass is 263 g/mol. The minimum Gasteiger partial charge on any atom is -0.377 e. The minimum absolute atomic E-state index is 0.0730. The van der Waals surface area contributed by atoms with Gasteiger partial charge in [0.2, 0.25) is 0 Å². The van der Waals surface area contributed by atoms with Crippen LogP contribution in [0.25, 0.3) is 22.2 Å². The number of aromatic nitrogens is 2. The second-order valence-electron chi connectivity index (χ2n) is 5.22. The molecule has 0 fully saturated rings. The van der Waals surface area contributed by atoms with Gasteiger partial charge >= 0.3 is 0 Å². The lowest BCUT2D eigenvalue weighted by Gasteiger charge is -2.22. The van der Waals surface area contributed by atoms with Crippen LogP contribution in [-0.4, -0.2) is 30.1 Å². The van der Waals surface area contributed by atoms with Gasteiger partial charge in [0.25, 0.3) is 0 Å². The summed E-state index contributed by atoms with van der Waals surface area (Å²) in [6.45, 7) is 0. The standard InChI is InChI=1S/C16H13N3O/c1-19(2)12-8-4-5-9-14(12)16(20)10-6-3-7-11-13(10)15(9)18-17-11/h3-8H,1-2H3,(H,17,18). The predicted octanol–water partition coefficient (Wildman–Crippen LogP) is 2.84. The molecule has 4 nitrogen and oxygen atoms in total. The lowest BCUT2D eigenvalue weighted by Crippen LogP contribution is -2.17. The van der Waals surface area contributed by atoms with Crippen LogP contribution in [-0.2, 0) is 0 Å². The third kappa shape index (κ3) is 1.25. The third-order valence-electron chi connectivity index (χ3n) is 3.84. The quantitative estimate of drug-likeness (QED) is 0.574. The van der Waals surface area contributed by atoms with Gasteiger partial charge in [0, 0.05) is 36.3 Å². The van der Waals surface area contributed by atoms with Gasteiger partial charge in [-0.1, -0.05) is 24.3 Å². The zero-order valence-electron chi connectivity index (χ0n) is 11.3. The maximum Gasteiger partial charge on any atom is 0.196 e. The van der Waals surface area contributed by atoms with E-state index >= 15 is 0 Å². The Morgan fingerprint density at radius 3 is 2.60 bits per heavy atom. The summed E-state index contributed by atoms with van der Waals surface area (Å²) in [6.07, 6.45) is 0. The first-order valence-electron chi connectivity index (χ1n) is 6.51. The Morgan fingerprint density at radius 2 is 1.80 bits per heavy atom. The Morgan fingerprint density at radius 1 is 1.05 bits per heavy atom. The first-order chi connectivity index (χ1) is 9.68. The molecule has 0 saturated carbocycles. The fourth-order valence-corrected chi connectivity index (χ4v) is 2.94. The summed E-state index contributed by atoms with van der Waals surface area (Å²) >= 11 is 0. The van der Waals surface area contributed by atoms with Crippen molar-refractivity contribution in [1.29, 1.82) is 0 Å². The van der Waals surface area contributed by atoms with E-state index in [1.165, 1.54) is 0 Å². The van der Waals surface area contributed by atoms with E-state index in [1.54, 1.807) is 0 Å². The molecule has 98 valence electrons. The largest absolute Gasteiger partial charge is 0.377 e. The summed E-state index contributed by atoms with van der Waals surface area (Å²) in [6, 6.07) is 11.6. The highest BCUT2D eigenvalue weighted by molar-refractivity contribution is 6.27. The van der Waals surface area contributed by atoms with Crippen LogP contribution in [0.4, 0.5) is 5.69 Å². The van der Waals surface area contributed by atoms with Crippen molar-refractivity contribution >= 4 is 22.4 Å². The molecular formula is C16H13N3O. The van der Waals surface area contributed by atoms with Crippen molar-refractivity contribution in [3.63, 3.8) is 0 Å². The number of fused-ring (bicyclic) bond motifs is 2. The molecule has 0 amide bonds. The van der Waals surface area contributed by atoms with Crippen molar-refractivity contribution in [2.75, 3.05) is 19.0 Å². The highest BCUT2D eigenvalue weighted by atomic mass is 16.1. The number of carbonyl (C=O) groups excluding carboxylic acids is 1. The van der Waals surface area contributed by atoms with Crippen LogP contribution in [0, 0.1) is 0 Å². The van der Waals surface area contributed by atoms with Gasteiger partial charge in [0.1, 0.15) is 5.69 Å². The summed E-state index contributed by atoms with van der Waals surface area (Å²) in [4.78, 5) is 14.8. The van der Waals surface area contributed by atoms with E-state index in [-0.39, 0.29) is 5.78 Å². The Balaban J connectivity index is 2.18. The van der Waals surface area contributed by atoms with E-state index in [4.69, 9.17) is 0 Å². The summed E-state index contributed by atoms with van der Waals surface area (Å²) in [5, 5.41) is 8.35. The average molecular weight is 263 g/mol. The van der Waals surface area contributed by atoms with Crippen molar-refractivity contribution in [3.8, 4) is 11.3 Å². The lowest BCUT2D eigenvalue weighted by molar-refractivity contribution is 0.104. The van der Waals surface area contributed by atoms with Gasteiger partial charge in [-0.25, -0.2) is 0 Å². The topological polar surface area (TPSA) is 49.0 Å². The normalized spacial score (nSPS) is 12.6. The number of ketones is 1. The molecule has 1 aromatic heterocycles. The summed E-state index contributed by atoms with van der Waals surface area (Å²) in [7, 11) is 3.90. The van der Waals surface area contributed by atoms with Gasteiger partial charge in [-0.15, -0.1) is 0 Å². The fourth-order valence-electron chi connectivity index (χ4n) is 2.94. The van der Waals surface area contributed by atoms with Crippen LogP contribution >= 0.6 is 0 Å². The van der Waals surface area contributed by atoms with Gasteiger partial charge in [-0.3, -0.25) is 9.89 Å². The number of aromatic amines is 1. The van der Waals surface area contributed by atoms with Gasteiger partial charge in [0.15, 0.2) is 5.78 Å². The lowest BCUT2D eigenvalue weighted by atomic mass is 9.86. The average Bonchev–Trinajstić information content (AvgIpc) is 2.89. The molecule has 0 radical (unpaired) electrons. The Kier molecular flexibility index (Phi) is 2.07. The van der Waals surface area contributed by atoms with E-state index in [1.807, 2.05) is 55.4 Å². The van der Waals surface area contributed by atoms with Crippen molar-refractivity contribution in [2.24, 2.45) is 0 Å². The number of hydrogen-bond donors (Lipinski definition) is 1. The number of rotatable bonds is 1. The van der Waals surface area contributed by atoms with Crippen LogP contribution in [0.1, 0.15) is 15.9 Å². The zero-order valence-corrected chi connectivity index (χ0v) is 11.3. The molecule has 1 aliphatic carbocycles. The van der Waals surface area contributed by atoms with E-state index in [9.17, 15) is 4.79 Å². The molecule has 0 saturated heterocycles. The SMILES string of the molecule is CN(C)c1cccc2c1C(=O)c1cccc3[nH]nc-2c13. The summed E-state index contributed by atoms with van der Waals surface area (Å²) < 4.78 is 0. The number of benzene rings is 2. The molecule has 1 aliphatic rings. The van der Waals surface area contributed by atoms with Crippen molar-refractivity contribution < 1.29 is 4.79 Å². The molecule has 1 heterocycles.